The van der Waals surface area contributed by atoms with Crippen molar-refractivity contribution in [3.05, 3.63) is 29.8 Å². The molecule has 1 atom stereocenters. The molecule has 0 radical (unpaired) electrons. The van der Waals surface area contributed by atoms with Crippen molar-refractivity contribution in [3.8, 4) is 17.6 Å². The van der Waals surface area contributed by atoms with E-state index >= 15 is 0 Å². The molecule has 0 bridgehead atoms. The normalized spacial score (nSPS) is 19.2. The number of halogens is 1. The van der Waals surface area contributed by atoms with Gasteiger partial charge in [0.1, 0.15) is 18.5 Å². The van der Waals surface area contributed by atoms with Gasteiger partial charge >= 0.3 is 0 Å². The van der Waals surface area contributed by atoms with E-state index in [-0.39, 0.29) is 6.10 Å². The van der Waals surface area contributed by atoms with Crippen LogP contribution in [0.15, 0.2) is 24.3 Å². The van der Waals surface area contributed by atoms with E-state index in [1.165, 1.54) is 0 Å². The number of hydrogen-bond acceptors (Lipinski definition) is 3. The van der Waals surface area contributed by atoms with Crippen molar-refractivity contribution in [2.75, 3.05) is 39.2 Å². The van der Waals surface area contributed by atoms with Crippen LogP contribution in [0.1, 0.15) is 12.0 Å². The Balaban J connectivity index is 1.86. The summed E-state index contributed by atoms with van der Waals surface area (Å²) in [6.45, 7) is 3.24. The summed E-state index contributed by atoms with van der Waals surface area (Å²) in [6, 6.07) is 7.82. The minimum Gasteiger partial charge on any atom is -0.491 e. The Kier molecular flexibility index (Phi) is 6.20. The molecule has 1 aromatic rings. The average Bonchev–Trinajstić information content (AvgIpc) is 2.46. The topological polar surface area (TPSA) is 21.7 Å². The third kappa shape index (κ3) is 5.05. The lowest BCUT2D eigenvalue weighted by atomic mass is 10.2. The molecule has 1 saturated heterocycles. The molecule has 1 fully saturated rings. The lowest BCUT2D eigenvalue weighted by Crippen LogP contribution is -2.42. The molecular weight excluding hydrogens is 274 g/mol. The summed E-state index contributed by atoms with van der Waals surface area (Å²) < 4.78 is 11.5. The second-order valence-corrected chi connectivity index (χ2v) is 5.21. The smallest absolute Gasteiger partial charge is 0.120 e. The summed E-state index contributed by atoms with van der Waals surface area (Å²) in [6.07, 6.45) is 0.842. The zero-order valence-electron chi connectivity index (χ0n) is 11.8. The minimum atomic E-state index is 0.139. The van der Waals surface area contributed by atoms with E-state index in [0.29, 0.717) is 18.9 Å². The molecule has 0 N–H and O–H groups in total. The molecular formula is C16H20ClNO2. The molecule has 0 saturated carbocycles. The Morgan fingerprint density at radius 3 is 3.20 bits per heavy atom. The van der Waals surface area contributed by atoms with Gasteiger partial charge in [-0.2, -0.15) is 0 Å². The van der Waals surface area contributed by atoms with Gasteiger partial charge in [0.25, 0.3) is 0 Å². The molecule has 1 aliphatic heterocycles. The molecule has 108 valence electrons. The molecule has 1 aliphatic rings. The quantitative estimate of drug-likeness (QED) is 0.628. The first kappa shape index (κ1) is 15.2. The Hall–Kier alpha value is -1.21. The Labute approximate surface area is 125 Å². The van der Waals surface area contributed by atoms with Gasteiger partial charge in [0.2, 0.25) is 0 Å². The van der Waals surface area contributed by atoms with Crippen LogP contribution >= 0.6 is 11.6 Å². The van der Waals surface area contributed by atoms with Crippen LogP contribution in [0, 0.1) is 11.8 Å². The maximum Gasteiger partial charge on any atom is 0.120 e. The van der Waals surface area contributed by atoms with Crippen molar-refractivity contribution in [3.63, 3.8) is 0 Å². The van der Waals surface area contributed by atoms with Crippen LogP contribution < -0.4 is 4.74 Å². The highest BCUT2D eigenvalue weighted by Crippen LogP contribution is 2.14. The van der Waals surface area contributed by atoms with Gasteiger partial charge in [-0.3, -0.25) is 0 Å². The van der Waals surface area contributed by atoms with E-state index in [1.54, 1.807) is 0 Å². The third-order valence-electron chi connectivity index (χ3n) is 3.06. The van der Waals surface area contributed by atoms with E-state index < -0.39 is 0 Å². The van der Waals surface area contributed by atoms with Gasteiger partial charge in [-0.25, -0.2) is 0 Å². The Morgan fingerprint density at radius 2 is 2.40 bits per heavy atom. The van der Waals surface area contributed by atoms with Crippen LogP contribution in [0.25, 0.3) is 0 Å². The van der Waals surface area contributed by atoms with Crippen LogP contribution in [0.5, 0.6) is 5.75 Å². The minimum absolute atomic E-state index is 0.139. The van der Waals surface area contributed by atoms with Crippen molar-refractivity contribution in [1.82, 2.24) is 4.90 Å². The molecule has 0 aromatic heterocycles. The standard InChI is InChI=1S/C16H20ClNO2/c1-18-9-10-19-16(12-18)13-20-15-7-4-6-14(11-15)5-2-3-8-17/h4,6-7,11,16H,3,8-10,12-13H2,1H3. The van der Waals surface area contributed by atoms with Gasteiger partial charge in [-0.15, -0.1) is 11.6 Å². The maximum atomic E-state index is 5.80. The second-order valence-electron chi connectivity index (χ2n) is 4.83. The fourth-order valence-corrected chi connectivity index (χ4v) is 2.13. The van der Waals surface area contributed by atoms with Crippen LogP contribution in [0.3, 0.4) is 0 Å². The first-order valence-electron chi connectivity index (χ1n) is 6.86. The van der Waals surface area contributed by atoms with Crippen LogP contribution in [0.2, 0.25) is 0 Å². The number of morpholine rings is 1. The SMILES string of the molecule is CN1CCOC(COc2cccc(C#CCCCl)c2)C1. The Morgan fingerprint density at radius 1 is 1.50 bits per heavy atom. The van der Waals surface area contributed by atoms with Gasteiger partial charge in [-0.1, -0.05) is 17.9 Å². The van der Waals surface area contributed by atoms with Crippen LogP contribution in [-0.4, -0.2) is 50.2 Å². The molecule has 2 rings (SSSR count). The summed E-state index contributed by atoms with van der Waals surface area (Å²) in [7, 11) is 2.10. The molecule has 1 unspecified atom stereocenters. The molecule has 0 amide bonds. The lowest BCUT2D eigenvalue weighted by molar-refractivity contribution is -0.0403. The third-order valence-corrected chi connectivity index (χ3v) is 3.25. The molecule has 0 spiro atoms. The van der Waals surface area contributed by atoms with E-state index in [0.717, 1.165) is 31.0 Å². The summed E-state index contributed by atoms with van der Waals surface area (Å²) in [4.78, 5) is 2.26. The molecule has 1 heterocycles. The first-order valence-corrected chi connectivity index (χ1v) is 7.39. The largest absolute Gasteiger partial charge is 0.491 e. The van der Waals surface area contributed by atoms with E-state index in [1.807, 2.05) is 24.3 Å². The molecule has 0 aliphatic carbocycles. The summed E-state index contributed by atoms with van der Waals surface area (Å²) in [5.74, 6) is 7.50. The van der Waals surface area contributed by atoms with Crippen molar-refractivity contribution in [2.45, 2.75) is 12.5 Å². The molecule has 1 aromatic carbocycles. The molecule has 4 heteroatoms. The summed E-state index contributed by atoms with van der Waals surface area (Å²) in [5, 5.41) is 0. The average molecular weight is 294 g/mol. The van der Waals surface area contributed by atoms with Gasteiger partial charge in [0, 0.05) is 31.0 Å². The van der Waals surface area contributed by atoms with E-state index in [4.69, 9.17) is 21.1 Å². The fraction of sp³-hybridized carbons (Fsp3) is 0.500. The zero-order valence-corrected chi connectivity index (χ0v) is 12.5. The van der Waals surface area contributed by atoms with Gasteiger partial charge in [-0.05, 0) is 25.2 Å². The van der Waals surface area contributed by atoms with Crippen LogP contribution in [-0.2, 0) is 4.74 Å². The number of nitrogens with zero attached hydrogens (tertiary/aromatic N) is 1. The fourth-order valence-electron chi connectivity index (χ4n) is 2.03. The van der Waals surface area contributed by atoms with Gasteiger partial charge in [0.15, 0.2) is 0 Å². The van der Waals surface area contributed by atoms with E-state index in [9.17, 15) is 0 Å². The predicted molar refractivity (Wildman–Crippen MR) is 81.4 cm³/mol. The summed E-state index contributed by atoms with van der Waals surface area (Å²) >= 11 is 5.60. The molecule has 20 heavy (non-hydrogen) atoms. The van der Waals surface area contributed by atoms with Crippen molar-refractivity contribution in [1.29, 1.82) is 0 Å². The van der Waals surface area contributed by atoms with Crippen LogP contribution in [0.4, 0.5) is 0 Å². The van der Waals surface area contributed by atoms with Crippen molar-refractivity contribution >= 4 is 11.6 Å². The first-order chi connectivity index (χ1) is 9.78. The number of ether oxygens (including phenoxy) is 2. The Bertz CT molecular complexity index is 481. The van der Waals surface area contributed by atoms with Crippen molar-refractivity contribution < 1.29 is 9.47 Å². The number of benzene rings is 1. The van der Waals surface area contributed by atoms with Crippen molar-refractivity contribution in [2.24, 2.45) is 0 Å². The highest BCUT2D eigenvalue weighted by atomic mass is 35.5. The monoisotopic (exact) mass is 293 g/mol. The lowest BCUT2D eigenvalue weighted by Gasteiger charge is -2.29. The number of rotatable bonds is 4. The van der Waals surface area contributed by atoms with Gasteiger partial charge in [0.05, 0.1) is 6.61 Å². The molecule has 3 nitrogen and oxygen atoms in total. The zero-order chi connectivity index (χ0) is 14.2. The predicted octanol–water partition coefficient (Wildman–Crippen LogP) is 2.38. The highest BCUT2D eigenvalue weighted by Gasteiger charge is 2.18. The highest BCUT2D eigenvalue weighted by molar-refractivity contribution is 6.18. The number of hydrogen-bond donors (Lipinski definition) is 0. The maximum absolute atomic E-state index is 5.80. The van der Waals surface area contributed by atoms with Gasteiger partial charge < -0.3 is 14.4 Å². The summed E-state index contributed by atoms with van der Waals surface area (Å²) in [5.41, 5.74) is 0.953. The van der Waals surface area contributed by atoms with E-state index in [2.05, 4.69) is 23.8 Å². The number of likely N-dealkylation sites (N-methyl/N-ethyl adjacent to an activating group) is 1. The second kappa shape index (κ2) is 8.16. The number of alkyl halides is 1.